The number of nitrogens with one attached hydrogen (secondary N) is 2. The topological polar surface area (TPSA) is 76.7 Å². The molecule has 26 heavy (non-hydrogen) atoms. The van der Waals surface area contributed by atoms with E-state index < -0.39 is 11.8 Å². The fraction of sp³-hybridized carbons (Fsp3) is 0.263. The van der Waals surface area contributed by atoms with Crippen LogP contribution in [0.5, 0.6) is 11.5 Å². The number of rotatable bonds is 6. The Labute approximate surface area is 157 Å². The molecule has 2 aromatic rings. The summed E-state index contributed by atoms with van der Waals surface area (Å²) in [5.41, 5.74) is 1.76. The van der Waals surface area contributed by atoms with E-state index in [1.807, 2.05) is 20.8 Å². The quantitative estimate of drug-likeness (QED) is 0.746. The lowest BCUT2D eigenvalue weighted by molar-refractivity contribution is -0.132. The SMILES string of the molecule is CCOc1ccc(NC(=O)C(=O)Nc2ccc(C)c(Cl)c2)cc1OCC. The number of anilines is 2. The highest BCUT2D eigenvalue weighted by molar-refractivity contribution is 6.43. The first-order valence-electron chi connectivity index (χ1n) is 8.22. The van der Waals surface area contributed by atoms with Gasteiger partial charge in [0.25, 0.3) is 0 Å². The van der Waals surface area contributed by atoms with Crippen LogP contribution in [0.25, 0.3) is 0 Å². The summed E-state index contributed by atoms with van der Waals surface area (Å²) in [5, 5.41) is 5.56. The number of ether oxygens (including phenoxy) is 2. The third-order valence-corrected chi connectivity index (χ3v) is 3.84. The molecule has 0 atom stereocenters. The summed E-state index contributed by atoms with van der Waals surface area (Å²) >= 11 is 6.02. The molecule has 7 heteroatoms. The van der Waals surface area contributed by atoms with Crippen molar-refractivity contribution in [1.29, 1.82) is 0 Å². The molecule has 138 valence electrons. The van der Waals surface area contributed by atoms with Crippen LogP contribution in [0, 0.1) is 6.92 Å². The van der Waals surface area contributed by atoms with Crippen LogP contribution in [0.4, 0.5) is 11.4 Å². The van der Waals surface area contributed by atoms with Gasteiger partial charge in [0, 0.05) is 22.5 Å². The second-order valence-electron chi connectivity index (χ2n) is 5.40. The summed E-state index contributed by atoms with van der Waals surface area (Å²) < 4.78 is 11.0. The van der Waals surface area contributed by atoms with E-state index in [-0.39, 0.29) is 0 Å². The van der Waals surface area contributed by atoms with E-state index in [4.69, 9.17) is 21.1 Å². The molecule has 0 aliphatic rings. The van der Waals surface area contributed by atoms with E-state index in [1.165, 1.54) is 0 Å². The molecule has 6 nitrogen and oxygen atoms in total. The Hall–Kier alpha value is -2.73. The Bertz CT molecular complexity index is 808. The molecule has 0 aliphatic carbocycles. The van der Waals surface area contributed by atoms with Crippen LogP contribution in [0.15, 0.2) is 36.4 Å². The molecule has 2 rings (SSSR count). The van der Waals surface area contributed by atoms with Crippen molar-refractivity contribution in [3.8, 4) is 11.5 Å². The molecule has 0 radical (unpaired) electrons. The van der Waals surface area contributed by atoms with Crippen molar-refractivity contribution in [2.24, 2.45) is 0 Å². The van der Waals surface area contributed by atoms with Crippen molar-refractivity contribution in [2.45, 2.75) is 20.8 Å². The first-order valence-corrected chi connectivity index (χ1v) is 8.60. The number of hydrogen-bond donors (Lipinski definition) is 2. The minimum atomic E-state index is -0.798. The van der Waals surface area contributed by atoms with Gasteiger partial charge in [-0.3, -0.25) is 9.59 Å². The summed E-state index contributed by atoms with van der Waals surface area (Å²) in [6.07, 6.45) is 0. The largest absolute Gasteiger partial charge is 0.490 e. The Morgan fingerprint density at radius 2 is 1.42 bits per heavy atom. The predicted molar refractivity (Wildman–Crippen MR) is 102 cm³/mol. The minimum absolute atomic E-state index is 0.430. The molecule has 0 heterocycles. The Kier molecular flexibility index (Phi) is 6.86. The number of benzene rings is 2. The van der Waals surface area contributed by atoms with Gasteiger partial charge in [-0.2, -0.15) is 0 Å². The lowest BCUT2D eigenvalue weighted by Crippen LogP contribution is -2.29. The second-order valence-corrected chi connectivity index (χ2v) is 5.81. The Balaban J connectivity index is 2.06. The number of halogens is 1. The van der Waals surface area contributed by atoms with E-state index in [1.54, 1.807) is 36.4 Å². The van der Waals surface area contributed by atoms with Crippen LogP contribution in [0.3, 0.4) is 0 Å². The van der Waals surface area contributed by atoms with Crippen LogP contribution in [-0.4, -0.2) is 25.0 Å². The first kappa shape index (κ1) is 19.6. The summed E-state index contributed by atoms with van der Waals surface area (Å²) in [7, 11) is 0. The van der Waals surface area contributed by atoms with Gasteiger partial charge in [-0.25, -0.2) is 0 Å². The van der Waals surface area contributed by atoms with Gasteiger partial charge in [0.1, 0.15) is 0 Å². The minimum Gasteiger partial charge on any atom is -0.490 e. The third kappa shape index (κ3) is 5.13. The van der Waals surface area contributed by atoms with Gasteiger partial charge in [-0.05, 0) is 50.6 Å². The first-order chi connectivity index (χ1) is 12.4. The van der Waals surface area contributed by atoms with E-state index in [2.05, 4.69) is 10.6 Å². The fourth-order valence-corrected chi connectivity index (χ4v) is 2.36. The molecule has 0 unspecified atom stereocenters. The molecule has 2 N–H and O–H groups in total. The zero-order valence-corrected chi connectivity index (χ0v) is 15.6. The number of carbonyl (C=O) groups is 2. The predicted octanol–water partition coefficient (Wildman–Crippen LogP) is 4.02. The normalized spacial score (nSPS) is 10.2. The van der Waals surface area contributed by atoms with Crippen LogP contribution in [0.2, 0.25) is 5.02 Å². The monoisotopic (exact) mass is 376 g/mol. The van der Waals surface area contributed by atoms with Gasteiger partial charge >= 0.3 is 11.8 Å². The van der Waals surface area contributed by atoms with E-state index in [0.29, 0.717) is 41.1 Å². The molecular weight excluding hydrogens is 356 g/mol. The summed E-state index contributed by atoms with van der Waals surface area (Å²) in [6, 6.07) is 9.96. The number of aryl methyl sites for hydroxylation is 1. The zero-order valence-electron chi connectivity index (χ0n) is 14.9. The molecule has 0 aliphatic heterocycles. The number of hydrogen-bond acceptors (Lipinski definition) is 4. The van der Waals surface area contributed by atoms with E-state index in [9.17, 15) is 9.59 Å². The smallest absolute Gasteiger partial charge is 0.314 e. The average molecular weight is 377 g/mol. The van der Waals surface area contributed by atoms with Crippen LogP contribution in [-0.2, 0) is 9.59 Å². The summed E-state index contributed by atoms with van der Waals surface area (Å²) in [6.45, 7) is 6.51. The Morgan fingerprint density at radius 1 is 0.885 bits per heavy atom. The highest BCUT2D eigenvalue weighted by Crippen LogP contribution is 2.30. The van der Waals surface area contributed by atoms with Gasteiger partial charge in [-0.15, -0.1) is 0 Å². The van der Waals surface area contributed by atoms with Crippen molar-refractivity contribution in [3.05, 3.63) is 47.0 Å². The van der Waals surface area contributed by atoms with Gasteiger partial charge in [-0.1, -0.05) is 17.7 Å². The number of amides is 2. The highest BCUT2D eigenvalue weighted by atomic mass is 35.5. The zero-order chi connectivity index (χ0) is 19.1. The van der Waals surface area contributed by atoms with Crippen LogP contribution < -0.4 is 20.1 Å². The molecule has 0 fully saturated rings. The Morgan fingerprint density at radius 3 is 2.00 bits per heavy atom. The van der Waals surface area contributed by atoms with Crippen molar-refractivity contribution >= 4 is 34.8 Å². The summed E-state index contributed by atoms with van der Waals surface area (Å²) in [4.78, 5) is 24.2. The fourth-order valence-electron chi connectivity index (χ4n) is 2.18. The van der Waals surface area contributed by atoms with Gasteiger partial charge in [0.2, 0.25) is 0 Å². The molecule has 0 spiro atoms. The molecule has 2 amide bonds. The van der Waals surface area contributed by atoms with E-state index >= 15 is 0 Å². The third-order valence-electron chi connectivity index (χ3n) is 3.44. The van der Waals surface area contributed by atoms with Gasteiger partial charge in [0.15, 0.2) is 11.5 Å². The standard InChI is InChI=1S/C19H21ClN2O4/c1-4-25-16-9-8-14(11-17(16)26-5-2)22-19(24)18(23)21-13-7-6-12(3)15(20)10-13/h6-11H,4-5H2,1-3H3,(H,21,23)(H,22,24). The van der Waals surface area contributed by atoms with Gasteiger partial charge in [0.05, 0.1) is 13.2 Å². The van der Waals surface area contributed by atoms with Crippen molar-refractivity contribution in [1.82, 2.24) is 0 Å². The van der Waals surface area contributed by atoms with Crippen molar-refractivity contribution < 1.29 is 19.1 Å². The lowest BCUT2D eigenvalue weighted by atomic mass is 10.2. The lowest BCUT2D eigenvalue weighted by Gasteiger charge is -2.13. The maximum Gasteiger partial charge on any atom is 0.314 e. The highest BCUT2D eigenvalue weighted by Gasteiger charge is 2.16. The maximum atomic E-state index is 12.1. The van der Waals surface area contributed by atoms with E-state index in [0.717, 1.165) is 5.56 Å². The molecule has 0 aromatic heterocycles. The molecule has 0 saturated carbocycles. The summed E-state index contributed by atoms with van der Waals surface area (Å²) in [5.74, 6) is -0.519. The maximum absolute atomic E-state index is 12.1. The molecule has 0 saturated heterocycles. The molecule has 2 aromatic carbocycles. The average Bonchev–Trinajstić information content (AvgIpc) is 2.60. The second kappa shape index (κ2) is 9.10. The van der Waals surface area contributed by atoms with Crippen molar-refractivity contribution in [2.75, 3.05) is 23.8 Å². The van der Waals surface area contributed by atoms with Crippen LogP contribution in [0.1, 0.15) is 19.4 Å². The van der Waals surface area contributed by atoms with Crippen LogP contribution >= 0.6 is 11.6 Å². The van der Waals surface area contributed by atoms with Gasteiger partial charge < -0.3 is 20.1 Å². The number of carbonyl (C=O) groups excluding carboxylic acids is 2. The van der Waals surface area contributed by atoms with Crippen molar-refractivity contribution in [3.63, 3.8) is 0 Å². The molecule has 0 bridgehead atoms. The molecular formula is C19H21ClN2O4.